The number of hydrogen-bond donors (Lipinski definition) is 1. The van der Waals surface area contributed by atoms with Crippen LogP contribution in [0.4, 0.5) is 0 Å². The Morgan fingerprint density at radius 3 is 2.22 bits per heavy atom. The van der Waals surface area contributed by atoms with Crippen LogP contribution in [0.25, 0.3) is 10.4 Å². The molecule has 0 bridgehead atoms. The summed E-state index contributed by atoms with van der Waals surface area (Å²) in [6, 6.07) is 20.4. The van der Waals surface area contributed by atoms with E-state index in [1.807, 2.05) is 12.1 Å². The first-order valence-corrected chi connectivity index (χ1v) is 14.8. The molecule has 1 fully saturated rings. The third-order valence-corrected chi connectivity index (χ3v) is 13.2. The molecular weight excluding hydrogens is 490 g/mol. The van der Waals surface area contributed by atoms with Gasteiger partial charge in [-0.05, 0) is 34.3 Å². The molecule has 3 atom stereocenters. The van der Waals surface area contributed by atoms with Crippen LogP contribution in [0.3, 0.4) is 0 Å². The lowest BCUT2D eigenvalue weighted by molar-refractivity contribution is 0.292. The summed E-state index contributed by atoms with van der Waals surface area (Å²) >= 11 is 1.56. The number of aromatic amines is 1. The average molecular weight is 522 g/mol. The van der Waals surface area contributed by atoms with Crippen LogP contribution in [0.5, 0.6) is 0 Å². The quantitative estimate of drug-likeness (QED) is 0.218. The average Bonchev–Trinajstić information content (AvgIpc) is 3.25. The van der Waals surface area contributed by atoms with Crippen LogP contribution in [0, 0.1) is 6.92 Å². The van der Waals surface area contributed by atoms with Crippen LogP contribution < -0.4 is 21.6 Å². The van der Waals surface area contributed by atoms with E-state index in [9.17, 15) is 15.1 Å². The Morgan fingerprint density at radius 1 is 1.11 bits per heavy atom. The fourth-order valence-corrected chi connectivity index (χ4v) is 11.2. The minimum atomic E-state index is -2.72. The smallest absolute Gasteiger partial charge is 0.329 e. The fourth-order valence-electron chi connectivity index (χ4n) is 5.01. The minimum absolute atomic E-state index is 0.00582. The molecule has 2 heterocycles. The summed E-state index contributed by atoms with van der Waals surface area (Å²) in [4.78, 5) is 29.9. The molecule has 2 aromatic carbocycles. The third kappa shape index (κ3) is 4.94. The molecule has 4 rings (SSSR count). The van der Waals surface area contributed by atoms with Crippen LogP contribution in [0.2, 0.25) is 5.04 Å². The second kappa shape index (κ2) is 10.5. The van der Waals surface area contributed by atoms with Crippen LogP contribution in [0.1, 0.15) is 38.1 Å². The number of nitrogens with zero attached hydrogens (tertiary/aromatic N) is 4. The highest BCUT2D eigenvalue weighted by atomic mass is 32.2. The molecule has 36 heavy (non-hydrogen) atoms. The maximum absolute atomic E-state index is 12.6. The molecule has 1 aliphatic heterocycles. The Morgan fingerprint density at radius 2 is 1.69 bits per heavy atom. The maximum atomic E-state index is 12.6. The van der Waals surface area contributed by atoms with Gasteiger partial charge in [0, 0.05) is 28.5 Å². The highest BCUT2D eigenvalue weighted by Crippen LogP contribution is 2.44. The Bertz CT molecular complexity index is 1320. The van der Waals surface area contributed by atoms with Gasteiger partial charge >= 0.3 is 5.69 Å². The van der Waals surface area contributed by atoms with Gasteiger partial charge in [0.2, 0.25) is 0 Å². The van der Waals surface area contributed by atoms with E-state index in [1.54, 1.807) is 24.9 Å². The van der Waals surface area contributed by atoms with Gasteiger partial charge in [-0.2, -0.15) is 0 Å². The van der Waals surface area contributed by atoms with E-state index in [0.29, 0.717) is 18.6 Å². The van der Waals surface area contributed by atoms with E-state index in [4.69, 9.17) is 4.43 Å². The topological polar surface area (TPSA) is 113 Å². The van der Waals surface area contributed by atoms with E-state index in [-0.39, 0.29) is 10.3 Å². The van der Waals surface area contributed by atoms with Crippen molar-refractivity contribution in [2.75, 3.05) is 6.61 Å². The zero-order valence-electron chi connectivity index (χ0n) is 20.9. The molecule has 0 aliphatic carbocycles. The van der Waals surface area contributed by atoms with Crippen molar-refractivity contribution in [3.63, 3.8) is 0 Å². The molecule has 0 radical (unpaired) electrons. The third-order valence-electron chi connectivity index (χ3n) is 6.69. The summed E-state index contributed by atoms with van der Waals surface area (Å²) in [5.74, 6) is 0. The number of H-pyrrole nitrogens is 1. The lowest BCUT2D eigenvalue weighted by Crippen LogP contribution is -2.67. The van der Waals surface area contributed by atoms with Gasteiger partial charge in [0.15, 0.2) is 0 Å². The molecule has 1 aromatic heterocycles. The van der Waals surface area contributed by atoms with Crippen molar-refractivity contribution in [2.45, 2.75) is 55.8 Å². The van der Waals surface area contributed by atoms with E-state index >= 15 is 0 Å². The van der Waals surface area contributed by atoms with Crippen LogP contribution in [-0.4, -0.2) is 35.8 Å². The second-order valence-electron chi connectivity index (χ2n) is 10.1. The molecule has 0 amide bonds. The molecule has 0 spiro atoms. The largest absolute Gasteiger partial charge is 0.406 e. The van der Waals surface area contributed by atoms with Crippen molar-refractivity contribution in [1.82, 2.24) is 9.55 Å². The molecule has 1 N–H and O–H groups in total. The highest BCUT2D eigenvalue weighted by Gasteiger charge is 2.51. The van der Waals surface area contributed by atoms with E-state index in [2.05, 4.69) is 84.3 Å². The monoisotopic (exact) mass is 521 g/mol. The number of benzene rings is 2. The lowest BCUT2D eigenvalue weighted by Gasteiger charge is -2.43. The predicted molar refractivity (Wildman–Crippen MR) is 148 cm³/mol. The summed E-state index contributed by atoms with van der Waals surface area (Å²) < 4.78 is 8.55. The number of thioether (sulfide) groups is 1. The number of rotatable bonds is 7. The molecule has 10 heteroatoms. The zero-order valence-corrected chi connectivity index (χ0v) is 22.7. The van der Waals surface area contributed by atoms with Gasteiger partial charge in [-0.3, -0.25) is 14.3 Å². The number of aryl methyl sites for hydroxylation is 1. The van der Waals surface area contributed by atoms with E-state index in [1.165, 1.54) is 14.9 Å². The molecular formula is C26H31N5O3SSi. The van der Waals surface area contributed by atoms with Gasteiger partial charge in [0.25, 0.3) is 13.9 Å². The lowest BCUT2D eigenvalue weighted by atomic mass is 10.1. The standard InChI is InChI=1S/C26H31N5O3SSi/c1-18-16-31(25(33)28-23(18)32)24-22(29-30-27)15-19(35-24)17-34-36(26(2,3)4,20-11-7-5-8-12-20)21-13-9-6-10-14-21/h5-14,16,19,22,24H,15,17H2,1-4H3,(H,28,32,33)/t19-,22+,24?/m1/s1. The van der Waals surface area contributed by atoms with Crippen molar-refractivity contribution in [2.24, 2.45) is 5.11 Å². The first-order valence-electron chi connectivity index (χ1n) is 11.9. The summed E-state index contributed by atoms with van der Waals surface area (Å²) in [6.45, 7) is 8.79. The molecule has 0 saturated carbocycles. The highest BCUT2D eigenvalue weighted by molar-refractivity contribution is 8.00. The Labute approximate surface area is 215 Å². The van der Waals surface area contributed by atoms with Gasteiger partial charge in [0.05, 0.1) is 11.4 Å². The molecule has 8 nitrogen and oxygen atoms in total. The molecule has 1 saturated heterocycles. The Balaban J connectivity index is 1.69. The summed E-state index contributed by atoms with van der Waals surface area (Å²) in [7, 11) is -2.72. The molecule has 188 valence electrons. The van der Waals surface area contributed by atoms with E-state index in [0.717, 1.165) is 0 Å². The number of aromatic nitrogens is 2. The number of hydrogen-bond acceptors (Lipinski definition) is 5. The number of azide groups is 1. The second-order valence-corrected chi connectivity index (χ2v) is 15.8. The van der Waals surface area contributed by atoms with Crippen LogP contribution >= 0.6 is 11.8 Å². The van der Waals surface area contributed by atoms with Gasteiger partial charge in [-0.15, -0.1) is 11.8 Å². The van der Waals surface area contributed by atoms with Gasteiger partial charge < -0.3 is 4.43 Å². The normalized spacial score (nSPS) is 20.2. The van der Waals surface area contributed by atoms with Crippen molar-refractivity contribution in [1.29, 1.82) is 0 Å². The van der Waals surface area contributed by atoms with Crippen LogP contribution in [0.15, 0.2) is 81.6 Å². The Hall–Kier alpha value is -3.04. The summed E-state index contributed by atoms with van der Waals surface area (Å²) in [6.07, 6.45) is 2.12. The summed E-state index contributed by atoms with van der Waals surface area (Å²) in [5, 5.41) is 5.82. The Kier molecular flexibility index (Phi) is 7.61. The fraction of sp³-hybridized carbons (Fsp3) is 0.385. The zero-order chi connectivity index (χ0) is 25.9. The van der Waals surface area contributed by atoms with E-state index < -0.39 is 31.0 Å². The van der Waals surface area contributed by atoms with Crippen molar-refractivity contribution in [3.05, 3.63) is 104 Å². The van der Waals surface area contributed by atoms with Gasteiger partial charge in [-0.25, -0.2) is 4.79 Å². The minimum Gasteiger partial charge on any atom is -0.406 e. The molecule has 1 unspecified atom stereocenters. The van der Waals surface area contributed by atoms with Gasteiger partial charge in [0.1, 0.15) is 0 Å². The van der Waals surface area contributed by atoms with Crippen molar-refractivity contribution >= 4 is 30.5 Å². The first kappa shape index (κ1) is 26.0. The number of nitrogens with one attached hydrogen (secondary N) is 1. The van der Waals surface area contributed by atoms with Crippen molar-refractivity contribution < 1.29 is 4.43 Å². The van der Waals surface area contributed by atoms with Gasteiger partial charge in [-0.1, -0.05) is 86.5 Å². The van der Waals surface area contributed by atoms with Crippen molar-refractivity contribution in [3.8, 4) is 0 Å². The maximum Gasteiger partial charge on any atom is 0.329 e. The SMILES string of the molecule is Cc1cn(C2S[C@@H](CO[Si](c3ccccc3)(c3ccccc3)C(C)(C)C)C[C@@H]2N=[N+]=[N-])c(=O)[nH]c1=O. The predicted octanol–water partition coefficient (Wildman–Crippen LogP) is 4.10. The van der Waals surface area contributed by atoms with Crippen LogP contribution in [-0.2, 0) is 4.43 Å². The summed E-state index contributed by atoms with van der Waals surface area (Å²) in [5.41, 5.74) is 8.70. The molecule has 3 aromatic rings. The first-order chi connectivity index (χ1) is 17.2. The molecule has 1 aliphatic rings.